The van der Waals surface area contributed by atoms with E-state index in [-0.39, 0.29) is 18.0 Å². The number of rotatable bonds is 14. The van der Waals surface area contributed by atoms with Crippen molar-refractivity contribution < 1.29 is 14.6 Å². The molecule has 0 rings (SSSR count). The fraction of sp³-hybridized carbons (Fsp3) is 0.444. The smallest absolute Gasteiger partial charge is 0.330 e. The van der Waals surface area contributed by atoms with Gasteiger partial charge in [-0.25, -0.2) is 4.79 Å². The highest BCUT2D eigenvalue weighted by Gasteiger charge is 2.09. The maximum absolute atomic E-state index is 11.0. The molecule has 0 aromatic carbocycles. The lowest BCUT2D eigenvalue weighted by molar-refractivity contribution is -0.134. The minimum atomic E-state index is -0.376. The summed E-state index contributed by atoms with van der Waals surface area (Å²) in [6.45, 7) is 8.34. The van der Waals surface area contributed by atoms with Crippen molar-refractivity contribution in [3.8, 4) is 0 Å². The summed E-state index contributed by atoms with van der Waals surface area (Å²) in [4.78, 5) is 11.0. The van der Waals surface area contributed by atoms with Crippen molar-refractivity contribution in [2.75, 3.05) is 7.11 Å². The van der Waals surface area contributed by atoms with Gasteiger partial charge in [-0.05, 0) is 50.5 Å². The molecular weight excluding hydrogens is 408 g/mol. The molecule has 31 heavy (non-hydrogen) atoms. The third kappa shape index (κ3) is 18.4. The zero-order chi connectivity index (χ0) is 23.5. The van der Waals surface area contributed by atoms with Crippen molar-refractivity contribution in [3.05, 3.63) is 83.5 Å². The number of allylic oxidation sites excluding steroid dienone is 13. The summed E-state index contributed by atoms with van der Waals surface area (Å²) < 4.78 is 4.52. The van der Waals surface area contributed by atoms with Gasteiger partial charge in [0.05, 0.1) is 13.2 Å². The molecule has 0 amide bonds. The molecule has 0 bridgehead atoms. The second kappa shape index (κ2) is 18.7. The van der Waals surface area contributed by atoms with Crippen LogP contribution in [0.4, 0.5) is 0 Å². The molecule has 0 radical (unpaired) electrons. The Morgan fingerprint density at radius 3 is 2.29 bits per heavy atom. The highest BCUT2D eigenvalue weighted by atomic mass is 35.5. The summed E-state index contributed by atoms with van der Waals surface area (Å²) in [5.74, 6) is 0.390. The van der Waals surface area contributed by atoms with Gasteiger partial charge in [-0.2, -0.15) is 0 Å². The number of methoxy groups -OCH3 is 1. The number of halogens is 1. The van der Waals surface area contributed by atoms with E-state index in [0.717, 1.165) is 36.3 Å². The number of carbonyl (C=O) groups is 1. The Kier molecular flexibility index (Phi) is 17.4. The predicted molar refractivity (Wildman–Crippen MR) is 134 cm³/mol. The van der Waals surface area contributed by atoms with E-state index in [1.165, 1.54) is 13.2 Å². The first kappa shape index (κ1) is 28.9. The minimum Gasteiger partial charge on any atom is -0.466 e. The van der Waals surface area contributed by atoms with E-state index in [4.69, 9.17) is 11.6 Å². The summed E-state index contributed by atoms with van der Waals surface area (Å²) in [5, 5.41) is 10.9. The average Bonchev–Trinajstić information content (AvgIpc) is 2.74. The summed E-state index contributed by atoms with van der Waals surface area (Å²) in [6, 6.07) is 0. The van der Waals surface area contributed by atoms with Crippen LogP contribution in [0.25, 0.3) is 0 Å². The van der Waals surface area contributed by atoms with E-state index in [1.54, 1.807) is 12.2 Å². The largest absolute Gasteiger partial charge is 0.466 e. The van der Waals surface area contributed by atoms with Crippen LogP contribution in [-0.4, -0.2) is 24.3 Å². The highest BCUT2D eigenvalue weighted by molar-refractivity contribution is 6.29. The number of ether oxygens (including phenoxy) is 1. The van der Waals surface area contributed by atoms with Crippen LogP contribution in [0.3, 0.4) is 0 Å². The number of aliphatic hydroxyl groups excluding tert-OH is 1. The average molecular weight is 447 g/mol. The fourth-order valence-electron chi connectivity index (χ4n) is 2.46. The number of hydrogen-bond acceptors (Lipinski definition) is 3. The first-order chi connectivity index (χ1) is 14.8. The summed E-state index contributed by atoms with van der Waals surface area (Å²) >= 11 is 6.38. The van der Waals surface area contributed by atoms with E-state index >= 15 is 0 Å². The predicted octanol–water partition coefficient (Wildman–Crippen LogP) is 7.22. The molecule has 4 heteroatoms. The van der Waals surface area contributed by atoms with Crippen LogP contribution in [0, 0.1) is 11.8 Å². The zero-order valence-electron chi connectivity index (χ0n) is 19.6. The highest BCUT2D eigenvalue weighted by Crippen LogP contribution is 2.22. The Morgan fingerprint density at radius 2 is 1.61 bits per heavy atom. The monoisotopic (exact) mass is 446 g/mol. The van der Waals surface area contributed by atoms with Gasteiger partial charge >= 0.3 is 5.97 Å². The van der Waals surface area contributed by atoms with Gasteiger partial charge in [-0.1, -0.05) is 98.7 Å². The molecule has 172 valence electrons. The Morgan fingerprint density at radius 1 is 0.935 bits per heavy atom. The summed E-state index contributed by atoms with van der Waals surface area (Å²) in [7, 11) is 1.35. The first-order valence-electron chi connectivity index (χ1n) is 10.9. The van der Waals surface area contributed by atoms with E-state index in [1.807, 2.05) is 43.4 Å². The number of aliphatic hydroxyl groups is 1. The van der Waals surface area contributed by atoms with Crippen LogP contribution in [0.5, 0.6) is 0 Å². The normalized spacial score (nSPS) is 16.0. The summed E-state index contributed by atoms with van der Waals surface area (Å²) in [5.41, 5.74) is 1.04. The van der Waals surface area contributed by atoms with Crippen molar-refractivity contribution in [1.29, 1.82) is 0 Å². The van der Waals surface area contributed by atoms with Gasteiger partial charge in [0, 0.05) is 11.1 Å². The first-order valence-corrected chi connectivity index (χ1v) is 11.3. The van der Waals surface area contributed by atoms with Crippen molar-refractivity contribution in [2.24, 2.45) is 11.8 Å². The maximum atomic E-state index is 11.0. The molecule has 0 aliphatic rings. The van der Waals surface area contributed by atoms with E-state index < -0.39 is 0 Å². The molecule has 0 aliphatic heterocycles. The van der Waals surface area contributed by atoms with Crippen molar-refractivity contribution in [3.63, 3.8) is 0 Å². The van der Waals surface area contributed by atoms with Crippen LogP contribution in [0.15, 0.2) is 83.5 Å². The molecule has 0 aromatic rings. The summed E-state index contributed by atoms with van der Waals surface area (Å²) in [6.07, 6.45) is 25.7. The molecule has 1 N–H and O–H groups in total. The molecule has 0 heterocycles. The Labute approximate surface area is 194 Å². The van der Waals surface area contributed by atoms with Crippen LogP contribution in [0.1, 0.15) is 53.4 Å². The quantitative estimate of drug-likeness (QED) is 0.174. The van der Waals surface area contributed by atoms with E-state index in [2.05, 4.69) is 43.7 Å². The van der Waals surface area contributed by atoms with Crippen LogP contribution < -0.4 is 0 Å². The third-order valence-electron chi connectivity index (χ3n) is 4.44. The van der Waals surface area contributed by atoms with Gasteiger partial charge in [-0.3, -0.25) is 0 Å². The molecular formula is C27H39ClO3. The van der Waals surface area contributed by atoms with Gasteiger partial charge < -0.3 is 9.84 Å². The molecule has 0 aliphatic carbocycles. The topological polar surface area (TPSA) is 46.5 Å². The van der Waals surface area contributed by atoms with Crippen LogP contribution >= 0.6 is 11.6 Å². The number of hydrogen-bond donors (Lipinski definition) is 1. The second-order valence-electron chi connectivity index (χ2n) is 7.86. The van der Waals surface area contributed by atoms with Crippen molar-refractivity contribution in [2.45, 2.75) is 59.5 Å². The lowest BCUT2D eigenvalue weighted by Gasteiger charge is -2.13. The Bertz CT molecular complexity index is 706. The molecule has 3 nitrogen and oxygen atoms in total. The van der Waals surface area contributed by atoms with E-state index in [0.29, 0.717) is 5.92 Å². The molecule has 0 aromatic heterocycles. The molecule has 0 spiro atoms. The molecule has 1 unspecified atom stereocenters. The Balaban J connectivity index is 4.30. The van der Waals surface area contributed by atoms with E-state index in [9.17, 15) is 9.90 Å². The van der Waals surface area contributed by atoms with Crippen LogP contribution in [-0.2, 0) is 9.53 Å². The van der Waals surface area contributed by atoms with Crippen LogP contribution in [0.2, 0.25) is 0 Å². The maximum Gasteiger partial charge on any atom is 0.330 e. The van der Waals surface area contributed by atoms with Crippen molar-refractivity contribution >= 4 is 17.6 Å². The third-order valence-corrected chi connectivity index (χ3v) is 4.94. The SMILES string of the molecule is COC(=O)/C=C/C=C/C(C)=C/C=C/C=C(\Cl)[C@@H](C)CCC(O)CC/C=C/C=C/C(C)C. The van der Waals surface area contributed by atoms with Gasteiger partial charge in [0.25, 0.3) is 0 Å². The molecule has 2 atom stereocenters. The van der Waals surface area contributed by atoms with Gasteiger partial charge in [0.2, 0.25) is 0 Å². The minimum absolute atomic E-state index is 0.207. The number of carbonyl (C=O) groups excluding carboxylic acids is 1. The molecule has 0 saturated heterocycles. The van der Waals surface area contributed by atoms with Gasteiger partial charge in [-0.15, -0.1) is 0 Å². The fourth-order valence-corrected chi connectivity index (χ4v) is 2.64. The number of esters is 1. The molecule has 0 fully saturated rings. The van der Waals surface area contributed by atoms with Gasteiger partial charge in [0.1, 0.15) is 0 Å². The Hall–Kier alpha value is -2.10. The second-order valence-corrected chi connectivity index (χ2v) is 8.29. The lowest BCUT2D eigenvalue weighted by atomic mass is 10.00. The van der Waals surface area contributed by atoms with Gasteiger partial charge in [0.15, 0.2) is 0 Å². The molecule has 0 saturated carbocycles. The lowest BCUT2D eigenvalue weighted by Crippen LogP contribution is -2.08. The zero-order valence-corrected chi connectivity index (χ0v) is 20.4. The standard InChI is InChI=1S/C27H39ClO3/c1-22(2)14-8-6-7-9-17-25(29)21-20-24(4)26(28)18-12-10-15-23(3)16-11-13-19-27(30)31-5/h6-8,10-16,18-19,22,24-25,29H,9,17,20-21H2,1-5H3/b7-6+,12-10+,14-8+,16-11+,19-13+,23-15+,26-18-/t24-,25?/m0/s1. The van der Waals surface area contributed by atoms with Crippen molar-refractivity contribution in [1.82, 2.24) is 0 Å².